The highest BCUT2D eigenvalue weighted by molar-refractivity contribution is 7.82. The van der Waals surface area contributed by atoms with E-state index in [1.165, 1.54) is 5.56 Å². The molecular formula is C15H15ClO4S. The minimum absolute atomic E-state index is 0.159. The SMILES string of the molecule is CC(Cc1ccccc1)c1ccc(OS(=O)(=O)OCl)cc1. The highest BCUT2D eigenvalue weighted by Crippen LogP contribution is 2.23. The fraction of sp³-hybridized carbons (Fsp3) is 0.200. The van der Waals surface area contributed by atoms with Gasteiger partial charge < -0.3 is 4.18 Å². The van der Waals surface area contributed by atoms with Crippen LogP contribution in [-0.2, 0) is 20.6 Å². The van der Waals surface area contributed by atoms with Crippen LogP contribution in [0, 0.1) is 0 Å². The molecule has 0 saturated heterocycles. The lowest BCUT2D eigenvalue weighted by molar-refractivity contribution is 0.406. The molecule has 0 amide bonds. The van der Waals surface area contributed by atoms with Gasteiger partial charge in [0.15, 0.2) is 0 Å². The van der Waals surface area contributed by atoms with Crippen LogP contribution < -0.4 is 4.18 Å². The molecule has 0 aliphatic carbocycles. The third-order valence-electron chi connectivity index (χ3n) is 3.11. The van der Waals surface area contributed by atoms with Crippen molar-refractivity contribution in [2.75, 3.05) is 0 Å². The highest BCUT2D eigenvalue weighted by Gasteiger charge is 2.13. The Bertz CT molecular complexity index is 669. The van der Waals surface area contributed by atoms with E-state index in [4.69, 9.17) is 11.9 Å². The molecule has 2 aromatic rings. The summed E-state index contributed by atoms with van der Waals surface area (Å²) in [7, 11) is -4.19. The van der Waals surface area contributed by atoms with E-state index in [9.17, 15) is 8.42 Å². The van der Waals surface area contributed by atoms with Gasteiger partial charge in [-0.15, -0.1) is 3.74 Å². The first-order valence-corrected chi connectivity index (χ1v) is 8.03. The molecule has 4 nitrogen and oxygen atoms in total. The molecule has 0 N–H and O–H groups in total. The Kier molecular flexibility index (Phi) is 5.22. The lowest BCUT2D eigenvalue weighted by Gasteiger charge is -2.12. The molecule has 2 rings (SSSR count). The van der Waals surface area contributed by atoms with Crippen molar-refractivity contribution in [1.82, 2.24) is 0 Å². The molecule has 1 unspecified atom stereocenters. The van der Waals surface area contributed by atoms with E-state index < -0.39 is 10.4 Å². The minimum Gasteiger partial charge on any atom is -0.361 e. The quantitative estimate of drug-likeness (QED) is 0.809. The van der Waals surface area contributed by atoms with E-state index in [1.807, 2.05) is 30.3 Å². The van der Waals surface area contributed by atoms with Crippen LogP contribution in [0.25, 0.3) is 0 Å². The minimum atomic E-state index is -4.19. The van der Waals surface area contributed by atoms with E-state index in [0.717, 1.165) is 12.0 Å². The Morgan fingerprint density at radius 3 is 2.24 bits per heavy atom. The first-order chi connectivity index (χ1) is 10.00. The maximum absolute atomic E-state index is 11.1. The zero-order valence-electron chi connectivity index (χ0n) is 11.4. The van der Waals surface area contributed by atoms with Crippen LogP contribution in [0.3, 0.4) is 0 Å². The van der Waals surface area contributed by atoms with Crippen LogP contribution in [0.2, 0.25) is 0 Å². The molecule has 2 aromatic carbocycles. The van der Waals surface area contributed by atoms with Crippen molar-refractivity contribution in [3.05, 3.63) is 65.7 Å². The van der Waals surface area contributed by atoms with Gasteiger partial charge in [-0.1, -0.05) is 49.4 Å². The summed E-state index contributed by atoms with van der Waals surface area (Å²) in [5.74, 6) is 0.466. The topological polar surface area (TPSA) is 52.6 Å². The van der Waals surface area contributed by atoms with Crippen molar-refractivity contribution >= 4 is 22.3 Å². The van der Waals surface area contributed by atoms with Crippen LogP contribution >= 0.6 is 11.9 Å². The zero-order valence-corrected chi connectivity index (χ0v) is 13.0. The van der Waals surface area contributed by atoms with Gasteiger partial charge in [0.05, 0.1) is 11.9 Å². The fourth-order valence-corrected chi connectivity index (χ4v) is 2.52. The van der Waals surface area contributed by atoms with Gasteiger partial charge in [-0.25, -0.2) is 0 Å². The summed E-state index contributed by atoms with van der Waals surface area (Å²) in [4.78, 5) is 0. The standard InChI is InChI=1S/C15H15ClO4S/c1-12(11-13-5-3-2-4-6-13)14-7-9-15(10-8-14)19-21(17,18)20-16/h2-10,12H,11H2,1H3. The molecule has 0 radical (unpaired) electrons. The molecule has 0 fully saturated rings. The average molecular weight is 327 g/mol. The lowest BCUT2D eigenvalue weighted by atomic mass is 9.94. The molecule has 6 heteroatoms. The van der Waals surface area contributed by atoms with Crippen LogP contribution in [0.15, 0.2) is 54.6 Å². The first kappa shape index (κ1) is 15.8. The van der Waals surface area contributed by atoms with Gasteiger partial charge >= 0.3 is 10.4 Å². The number of hydrogen-bond acceptors (Lipinski definition) is 4. The van der Waals surface area contributed by atoms with E-state index in [0.29, 0.717) is 5.92 Å². The predicted molar refractivity (Wildman–Crippen MR) is 81.5 cm³/mol. The summed E-state index contributed by atoms with van der Waals surface area (Å²) in [6, 6.07) is 17.0. The molecule has 0 aliphatic rings. The van der Waals surface area contributed by atoms with Gasteiger partial charge in [-0.3, -0.25) is 0 Å². The predicted octanol–water partition coefficient (Wildman–Crippen LogP) is 3.83. The lowest BCUT2D eigenvalue weighted by Crippen LogP contribution is -2.08. The number of hydrogen-bond donors (Lipinski definition) is 0. The first-order valence-electron chi connectivity index (χ1n) is 6.38. The summed E-state index contributed by atoms with van der Waals surface area (Å²) in [6.45, 7) is 2.11. The van der Waals surface area contributed by atoms with Crippen molar-refractivity contribution in [1.29, 1.82) is 0 Å². The molecule has 112 valence electrons. The second kappa shape index (κ2) is 6.93. The maximum Gasteiger partial charge on any atom is 0.465 e. The van der Waals surface area contributed by atoms with E-state index in [2.05, 4.69) is 27.0 Å². The Morgan fingerprint density at radius 2 is 1.67 bits per heavy atom. The highest BCUT2D eigenvalue weighted by atomic mass is 35.5. The van der Waals surface area contributed by atoms with Gasteiger partial charge in [0, 0.05) is 0 Å². The zero-order chi connectivity index (χ0) is 15.3. The molecule has 0 aromatic heterocycles. The van der Waals surface area contributed by atoms with Crippen LogP contribution in [0.4, 0.5) is 0 Å². The van der Waals surface area contributed by atoms with Gasteiger partial charge in [0.2, 0.25) is 0 Å². The third-order valence-corrected chi connectivity index (χ3v) is 4.12. The van der Waals surface area contributed by atoms with Crippen molar-refractivity contribution in [3.8, 4) is 5.75 Å². The molecule has 0 heterocycles. The Morgan fingerprint density at radius 1 is 1.05 bits per heavy atom. The Balaban J connectivity index is 2.05. The molecule has 0 saturated carbocycles. The number of benzene rings is 2. The van der Waals surface area contributed by atoms with Crippen molar-refractivity contribution in [3.63, 3.8) is 0 Å². The monoisotopic (exact) mass is 326 g/mol. The van der Waals surface area contributed by atoms with Gasteiger partial charge in [0.25, 0.3) is 0 Å². The summed E-state index contributed by atoms with van der Waals surface area (Å²) in [5.41, 5.74) is 2.35. The number of rotatable bonds is 6. The molecule has 21 heavy (non-hydrogen) atoms. The Hall–Kier alpha value is -1.56. The van der Waals surface area contributed by atoms with Crippen molar-refractivity contribution in [2.45, 2.75) is 19.3 Å². The molecular weight excluding hydrogens is 312 g/mol. The number of halogens is 1. The smallest absolute Gasteiger partial charge is 0.361 e. The van der Waals surface area contributed by atoms with Crippen LogP contribution in [-0.4, -0.2) is 8.42 Å². The van der Waals surface area contributed by atoms with Gasteiger partial charge in [-0.05, 0) is 35.6 Å². The Labute approximate surface area is 129 Å². The summed E-state index contributed by atoms with van der Waals surface area (Å²) in [5, 5.41) is 0. The largest absolute Gasteiger partial charge is 0.465 e. The fourth-order valence-electron chi connectivity index (χ4n) is 2.07. The van der Waals surface area contributed by atoms with Crippen LogP contribution in [0.1, 0.15) is 24.0 Å². The second-order valence-electron chi connectivity index (χ2n) is 4.71. The van der Waals surface area contributed by atoms with Crippen molar-refractivity contribution in [2.24, 2.45) is 0 Å². The summed E-state index contributed by atoms with van der Waals surface area (Å²) < 4.78 is 30.4. The van der Waals surface area contributed by atoms with Crippen molar-refractivity contribution < 1.29 is 16.3 Å². The van der Waals surface area contributed by atoms with E-state index in [-0.39, 0.29) is 5.75 Å². The summed E-state index contributed by atoms with van der Waals surface area (Å²) in [6.07, 6.45) is 0.907. The molecule has 0 aliphatic heterocycles. The molecule has 1 atom stereocenters. The van der Waals surface area contributed by atoms with Crippen LogP contribution in [0.5, 0.6) is 5.75 Å². The summed E-state index contributed by atoms with van der Waals surface area (Å²) >= 11 is 4.80. The van der Waals surface area contributed by atoms with E-state index >= 15 is 0 Å². The van der Waals surface area contributed by atoms with Gasteiger partial charge in [0.1, 0.15) is 5.75 Å². The van der Waals surface area contributed by atoms with Gasteiger partial charge in [-0.2, -0.15) is 8.42 Å². The maximum atomic E-state index is 11.1. The molecule has 0 bridgehead atoms. The van der Waals surface area contributed by atoms with E-state index in [1.54, 1.807) is 12.1 Å². The second-order valence-corrected chi connectivity index (χ2v) is 6.20. The normalized spacial score (nSPS) is 12.9. The molecule has 0 spiro atoms. The average Bonchev–Trinajstić information content (AvgIpc) is 2.48. The third kappa shape index (κ3) is 4.74.